The summed E-state index contributed by atoms with van der Waals surface area (Å²) >= 11 is 1.36. The highest BCUT2D eigenvalue weighted by atomic mass is 32.2. The Morgan fingerprint density at radius 2 is 0.697 bits per heavy atom. The van der Waals surface area contributed by atoms with Gasteiger partial charge in [0.05, 0.1) is 42.3 Å². The summed E-state index contributed by atoms with van der Waals surface area (Å²) in [5, 5.41) is 103. The third-order valence-corrected chi connectivity index (χ3v) is 19.8. The first-order valence-electron chi connectivity index (χ1n) is 38.9. The van der Waals surface area contributed by atoms with E-state index in [1.54, 1.807) is 13.2 Å². The molecule has 0 aliphatic carbocycles. The Kier molecular flexibility index (Phi) is 50.2. The minimum Gasteiger partial charge on any atom is -0.481 e. The van der Waals surface area contributed by atoms with Crippen molar-refractivity contribution >= 4 is 153 Å². The Hall–Kier alpha value is -11.0. The Morgan fingerprint density at radius 3 is 1.01 bits per heavy atom. The van der Waals surface area contributed by atoms with Gasteiger partial charge in [0.2, 0.25) is 47.3 Å². The summed E-state index contributed by atoms with van der Waals surface area (Å²) in [6, 6.07) is -11.8. The molecule has 0 aromatic rings. The summed E-state index contributed by atoms with van der Waals surface area (Å²) in [4.78, 5) is 312. The number of hydrogen-bond acceptors (Lipinski definition) is 26. The highest BCUT2D eigenvalue weighted by Crippen LogP contribution is 2.25. The fraction of sp³-hybridized carbons (Fsp3) is 0.684. The molecule has 119 heavy (non-hydrogen) atoms. The Bertz CT molecular complexity index is 3640. The first kappa shape index (κ1) is 106. The lowest BCUT2D eigenvalue weighted by molar-refractivity contribution is -0.142. The molecule has 0 bridgehead atoms. The molecule has 0 aromatic heterocycles. The van der Waals surface area contributed by atoms with Crippen molar-refractivity contribution in [2.75, 3.05) is 31.8 Å². The second-order valence-electron chi connectivity index (χ2n) is 29.3. The zero-order valence-corrected chi connectivity index (χ0v) is 68.0. The molecule has 43 heteroatoms. The fourth-order valence-electron chi connectivity index (χ4n) is 12.8. The number of carbonyl (C=O) groups excluding carboxylic acids is 15. The zero-order valence-electron chi connectivity index (χ0n) is 67.1. The number of aliphatic carboxylic acids is 9. The van der Waals surface area contributed by atoms with Crippen molar-refractivity contribution in [3.05, 3.63) is 0 Å². The molecule has 0 spiro atoms. The number of rotatable bonds is 68. The molecule has 1 saturated heterocycles. The van der Waals surface area contributed by atoms with E-state index in [2.05, 4.69) is 37.2 Å². The van der Waals surface area contributed by atoms with Gasteiger partial charge in [0.15, 0.2) is 40.5 Å². The molecule has 42 nitrogen and oxygen atoms in total. The van der Waals surface area contributed by atoms with E-state index in [9.17, 15) is 161 Å². The summed E-state index contributed by atoms with van der Waals surface area (Å²) < 4.78 is 5.57. The quantitative estimate of drug-likeness (QED) is 0.0370. The zero-order chi connectivity index (χ0) is 90.3. The number of carbonyl (C=O) groups is 24. The van der Waals surface area contributed by atoms with Gasteiger partial charge in [-0.2, -0.15) is 11.8 Å². The third kappa shape index (κ3) is 44.9. The highest BCUT2D eigenvalue weighted by molar-refractivity contribution is 7.98. The van der Waals surface area contributed by atoms with Crippen molar-refractivity contribution in [3.8, 4) is 0 Å². The summed E-state index contributed by atoms with van der Waals surface area (Å²) in [7, 11) is 0. The number of ether oxygens (including phenoxy) is 1. The number of nitrogens with zero attached hydrogens (tertiary/aromatic N) is 1. The van der Waals surface area contributed by atoms with E-state index >= 15 is 0 Å². The topological polar surface area (TPSA) is 688 Å². The minimum absolute atomic E-state index is 0.0906. The lowest BCUT2D eigenvalue weighted by Gasteiger charge is -2.27. The molecule has 12 atom stereocenters. The first-order chi connectivity index (χ1) is 55.8. The van der Waals surface area contributed by atoms with Gasteiger partial charge in [-0.25, -0.2) is 0 Å². The molecule has 0 unspecified atom stereocenters. The molecule has 0 aromatic carbocycles. The Balaban J connectivity index is 3.56. The van der Waals surface area contributed by atoms with Crippen LogP contribution in [0.3, 0.4) is 0 Å². The van der Waals surface area contributed by atoms with Crippen LogP contribution in [0.4, 0.5) is 0 Å². The van der Waals surface area contributed by atoms with Gasteiger partial charge in [-0.1, -0.05) is 20.8 Å². The molecule has 666 valence electrons. The number of ketones is 7. The van der Waals surface area contributed by atoms with Gasteiger partial charge in [0.1, 0.15) is 12.6 Å². The van der Waals surface area contributed by atoms with Crippen molar-refractivity contribution in [2.45, 2.75) is 269 Å². The maximum absolute atomic E-state index is 14.4. The van der Waals surface area contributed by atoms with Crippen molar-refractivity contribution in [1.82, 2.24) is 42.1 Å². The smallest absolute Gasteiger partial charge is 0.303 e. The van der Waals surface area contributed by atoms with Crippen LogP contribution in [-0.2, 0) is 120 Å². The van der Waals surface area contributed by atoms with Crippen LogP contribution in [-0.4, -0.2) is 272 Å². The largest absolute Gasteiger partial charge is 0.481 e. The van der Waals surface area contributed by atoms with Crippen molar-refractivity contribution in [2.24, 2.45) is 29.6 Å². The molecule has 1 fully saturated rings. The number of hydrogen-bond donors (Lipinski definition) is 16. The van der Waals surface area contributed by atoms with E-state index < -0.39 is 362 Å². The van der Waals surface area contributed by atoms with Gasteiger partial charge in [0, 0.05) is 159 Å². The second-order valence-corrected chi connectivity index (χ2v) is 30.2. The molecule has 16 N–H and O–H groups in total. The average molecular weight is 1710 g/mol. The van der Waals surface area contributed by atoms with Crippen molar-refractivity contribution in [3.63, 3.8) is 0 Å². The number of Topliss-reactive ketones (excluding diaryl/α,β-unsaturated/α-hetero) is 7. The first-order valence-corrected chi connectivity index (χ1v) is 40.3. The normalized spacial score (nSPS) is 15.1. The average Bonchev–Trinajstić information content (AvgIpc) is 1.69. The van der Waals surface area contributed by atoms with Crippen LogP contribution >= 0.6 is 11.8 Å². The summed E-state index contributed by atoms with van der Waals surface area (Å²) in [5.41, 5.74) is 0. The maximum atomic E-state index is 14.4. The Labute approximate surface area is 688 Å². The van der Waals surface area contributed by atoms with Gasteiger partial charge in [-0.15, -0.1) is 0 Å². The second kappa shape index (κ2) is 56.4. The minimum atomic E-state index is -2.01. The molecule has 1 aliphatic heterocycles. The van der Waals surface area contributed by atoms with Crippen LogP contribution in [0.5, 0.6) is 0 Å². The maximum Gasteiger partial charge on any atom is 0.303 e. The molecule has 1 rings (SSSR count). The summed E-state index contributed by atoms with van der Waals surface area (Å²) in [5.74, 6) is -34.4. The van der Waals surface area contributed by atoms with E-state index in [0.29, 0.717) is 12.2 Å². The van der Waals surface area contributed by atoms with E-state index in [1.165, 1.54) is 16.7 Å². The van der Waals surface area contributed by atoms with Crippen LogP contribution in [0.1, 0.15) is 220 Å². The van der Waals surface area contributed by atoms with Crippen LogP contribution in [0.15, 0.2) is 0 Å². The van der Waals surface area contributed by atoms with Gasteiger partial charge >= 0.3 is 53.7 Å². The molecule has 1 aliphatic rings. The predicted molar refractivity (Wildman–Crippen MR) is 411 cm³/mol. The van der Waals surface area contributed by atoms with Gasteiger partial charge in [-0.05, 0) is 95.6 Å². The monoisotopic (exact) mass is 1710 g/mol. The number of carboxylic acid groups (broad SMARTS) is 9. The SMILES string of the molecule is CCC(=O)[C@H](CSC)NC(=O)CCC(=O)[C@H](CC(C)C)NC(=O)[C@@H]1CCCN1C(=O)COCCCC(=O)[C@@H](CCC(=O)O)NC(=O)[C@@H](CCC(=O)O)CC(=O)[C@@H](CCC(=O)O)NC(=O)[C@@H](CCC(=O)O)CC(=O)[C@@H](CCC(=O)O)NC(=O)[C@@H](CCC(=O)O)CC(=O)[C@@H](CCC(=O)O)NC(=O)[C@@H](CCC(=O)O)CC(=O)[C@@H](CCC(=O)O)NC(C)=O. The van der Waals surface area contributed by atoms with Crippen LogP contribution in [0.25, 0.3) is 0 Å². The number of nitrogens with one attached hydrogen (secondary N) is 7. The number of carboxylic acids is 9. The summed E-state index contributed by atoms with van der Waals surface area (Å²) in [6.07, 6.45) is -16.5. The number of amides is 8. The summed E-state index contributed by atoms with van der Waals surface area (Å²) in [6.45, 7) is 5.52. The third-order valence-electron chi connectivity index (χ3n) is 19.2. The number of likely N-dealkylation sites (tertiary alicyclic amines) is 1. The lowest BCUT2D eigenvalue weighted by Crippen LogP contribution is -2.52. The van der Waals surface area contributed by atoms with E-state index in [1.807, 2.05) is 13.8 Å². The van der Waals surface area contributed by atoms with Gasteiger partial charge in [-0.3, -0.25) is 115 Å². The molecular formula is C76H112N8O34S. The van der Waals surface area contributed by atoms with Crippen molar-refractivity contribution < 1.29 is 166 Å². The molecular weight excluding hydrogens is 1600 g/mol. The van der Waals surface area contributed by atoms with Crippen LogP contribution in [0.2, 0.25) is 0 Å². The molecule has 8 amide bonds. The predicted octanol–water partition coefficient (Wildman–Crippen LogP) is 0.579. The molecule has 0 saturated carbocycles. The van der Waals surface area contributed by atoms with E-state index in [-0.39, 0.29) is 63.4 Å². The van der Waals surface area contributed by atoms with E-state index in [4.69, 9.17) is 4.74 Å². The molecule has 1 heterocycles. The highest BCUT2D eigenvalue weighted by Gasteiger charge is 2.40. The van der Waals surface area contributed by atoms with Gasteiger partial charge < -0.3 is 92.8 Å². The van der Waals surface area contributed by atoms with Crippen LogP contribution < -0.4 is 37.2 Å². The fourth-order valence-corrected chi connectivity index (χ4v) is 13.4. The van der Waals surface area contributed by atoms with E-state index in [0.717, 1.165) is 6.92 Å². The van der Waals surface area contributed by atoms with Crippen LogP contribution in [0, 0.1) is 29.6 Å². The van der Waals surface area contributed by atoms with Crippen molar-refractivity contribution in [1.29, 1.82) is 0 Å². The number of thioether (sulfide) groups is 1. The van der Waals surface area contributed by atoms with Gasteiger partial charge in [0.25, 0.3) is 0 Å². The molecule has 0 radical (unpaired) electrons. The standard InChI is InChI=1S/C76H112N8O34S/c1-6-54(86)52(39-119-5)78-61(93)21-20-56(88)51(33-40(2)3)83-76(117)53-9-7-31-84(53)62(94)38-118-32-8-10-55(87)46(15-26-67(103)104)79-72(113)43(12-23-64(97)98)35-58(90)48(17-28-69(107)108)81-74(115)45(14-25-66(101)102)37-60(92)50(19-30-71(111)112)82-75(116)44(13-24-65(99)100)36-59(91)49(18-29-70(109)110)80-73(114)42(11-22-63(95)96)34-57(89)47(77-41(4)85)16-27-68(105)106/h40,42-53H,6-39H2,1-5H3,(H,77,85)(H,78,93)(H,79,113)(H,80,114)(H,81,115)(H,82,116)(H,83,117)(H,95,96)(H,97,98)(H,99,100)(H,101,102)(H,103,104)(H,105,106)(H,107,108)(H,109,110)(H,111,112)/t42-,43-,44-,45-,46+,47+,48+,49+,50+,51-,52-,53-/m0/s1. The Morgan fingerprint density at radius 1 is 0.378 bits per heavy atom. The lowest BCUT2D eigenvalue weighted by atomic mass is 9.88.